The number of carbonyl (C=O) groups excluding carboxylic acids is 1. The van der Waals surface area contributed by atoms with E-state index in [1.165, 1.54) is 5.56 Å². The Morgan fingerprint density at radius 1 is 1.20 bits per heavy atom. The Balaban J connectivity index is 2.62. The molecule has 0 bridgehead atoms. The van der Waals surface area contributed by atoms with Crippen LogP contribution in [0, 0.1) is 0 Å². The summed E-state index contributed by atoms with van der Waals surface area (Å²) in [6, 6.07) is 9.76. The normalized spacial score (nSPS) is 10.5. The molecule has 0 aliphatic carbocycles. The number of hydrogen-bond acceptors (Lipinski definition) is 4. The average molecular weight is 274 g/mol. The minimum absolute atomic E-state index is 0.106. The van der Waals surface area contributed by atoms with E-state index in [1.807, 2.05) is 18.2 Å². The number of hydrogen-bond donors (Lipinski definition) is 0. The number of rotatable bonds is 7. The van der Waals surface area contributed by atoms with Gasteiger partial charge >= 0.3 is 0 Å². The number of benzene rings is 2. The molecule has 106 valence electrons. The van der Waals surface area contributed by atoms with Gasteiger partial charge in [-0.2, -0.15) is 0 Å². The van der Waals surface area contributed by atoms with Crippen LogP contribution in [-0.2, 0) is 16.0 Å². The molecule has 0 aromatic heterocycles. The molecular formula is C16H18O4. The van der Waals surface area contributed by atoms with E-state index in [1.54, 1.807) is 13.2 Å². The minimum atomic E-state index is 0.106. The Hall–Kier alpha value is -2.07. The summed E-state index contributed by atoms with van der Waals surface area (Å²) in [6.07, 6.45) is 1.97. The molecule has 0 saturated heterocycles. The van der Waals surface area contributed by atoms with Crippen molar-refractivity contribution >= 4 is 17.2 Å². The van der Waals surface area contributed by atoms with Gasteiger partial charge in [0.2, 0.25) is 0 Å². The highest BCUT2D eigenvalue weighted by molar-refractivity contribution is 5.94. The molecule has 0 atom stereocenters. The minimum Gasteiger partial charge on any atom is -0.463 e. The second-order valence-electron chi connectivity index (χ2n) is 4.42. The maximum absolute atomic E-state index is 10.6. The molecule has 20 heavy (non-hydrogen) atoms. The average Bonchev–Trinajstić information content (AvgIpc) is 2.47. The zero-order chi connectivity index (χ0) is 14.4. The van der Waals surface area contributed by atoms with E-state index >= 15 is 0 Å². The van der Waals surface area contributed by atoms with Gasteiger partial charge in [-0.3, -0.25) is 4.79 Å². The van der Waals surface area contributed by atoms with Crippen molar-refractivity contribution in [3.8, 4) is 11.5 Å². The van der Waals surface area contributed by atoms with Crippen molar-refractivity contribution in [1.29, 1.82) is 0 Å². The summed E-state index contributed by atoms with van der Waals surface area (Å²) in [5.74, 6) is 0.966. The van der Waals surface area contributed by atoms with E-state index in [-0.39, 0.29) is 6.79 Å². The fraction of sp³-hybridized carbons (Fsp3) is 0.312. The third-order valence-electron chi connectivity index (χ3n) is 3.06. The third kappa shape index (κ3) is 2.91. The van der Waals surface area contributed by atoms with Crippen molar-refractivity contribution in [1.82, 2.24) is 0 Å². The predicted octanol–water partition coefficient (Wildman–Crippen LogP) is 3.31. The van der Waals surface area contributed by atoms with Gasteiger partial charge in [-0.05, 0) is 23.4 Å². The molecular weight excluding hydrogens is 256 g/mol. The highest BCUT2D eigenvalue weighted by Crippen LogP contribution is 2.38. The molecule has 0 aliphatic rings. The van der Waals surface area contributed by atoms with Gasteiger partial charge in [-0.1, -0.05) is 37.6 Å². The second-order valence-corrected chi connectivity index (χ2v) is 4.42. The van der Waals surface area contributed by atoms with Crippen LogP contribution in [0.25, 0.3) is 10.8 Å². The van der Waals surface area contributed by atoms with Gasteiger partial charge in [0, 0.05) is 12.5 Å². The molecule has 0 saturated carbocycles. The fourth-order valence-corrected chi connectivity index (χ4v) is 2.28. The first kappa shape index (κ1) is 14.3. The third-order valence-corrected chi connectivity index (χ3v) is 3.06. The Morgan fingerprint density at radius 2 is 2.05 bits per heavy atom. The second kappa shape index (κ2) is 6.91. The Bertz CT molecular complexity index is 592. The van der Waals surface area contributed by atoms with Crippen molar-refractivity contribution in [3.63, 3.8) is 0 Å². The number of aryl methyl sites for hydroxylation is 1. The van der Waals surface area contributed by atoms with Crippen molar-refractivity contribution in [2.75, 3.05) is 13.9 Å². The molecule has 0 radical (unpaired) electrons. The van der Waals surface area contributed by atoms with Crippen LogP contribution < -0.4 is 9.47 Å². The maximum Gasteiger partial charge on any atom is 0.298 e. The van der Waals surface area contributed by atoms with Gasteiger partial charge in [0.05, 0.1) is 0 Å². The van der Waals surface area contributed by atoms with Gasteiger partial charge in [-0.15, -0.1) is 0 Å². The highest BCUT2D eigenvalue weighted by atomic mass is 16.7. The van der Waals surface area contributed by atoms with Crippen molar-refractivity contribution in [2.24, 2.45) is 0 Å². The van der Waals surface area contributed by atoms with Crippen LogP contribution in [0.4, 0.5) is 0 Å². The van der Waals surface area contributed by atoms with Gasteiger partial charge in [0.25, 0.3) is 6.47 Å². The summed E-state index contributed by atoms with van der Waals surface area (Å²) in [4.78, 5) is 10.6. The zero-order valence-corrected chi connectivity index (χ0v) is 11.7. The Labute approximate surface area is 118 Å². The van der Waals surface area contributed by atoms with Crippen LogP contribution in [0.3, 0.4) is 0 Å². The van der Waals surface area contributed by atoms with Crippen LogP contribution in [-0.4, -0.2) is 20.4 Å². The first-order chi connectivity index (χ1) is 9.81. The highest BCUT2D eigenvalue weighted by Gasteiger charge is 2.13. The van der Waals surface area contributed by atoms with E-state index in [4.69, 9.17) is 14.2 Å². The molecule has 2 aromatic rings. The topological polar surface area (TPSA) is 44.8 Å². The lowest BCUT2D eigenvalue weighted by Crippen LogP contribution is -2.03. The van der Waals surface area contributed by atoms with Crippen LogP contribution in [0.5, 0.6) is 11.5 Å². The molecule has 0 fully saturated rings. The summed E-state index contributed by atoms with van der Waals surface area (Å²) >= 11 is 0. The summed E-state index contributed by atoms with van der Waals surface area (Å²) in [7, 11) is 1.55. The van der Waals surface area contributed by atoms with Gasteiger partial charge in [-0.25, -0.2) is 0 Å². The molecule has 0 spiro atoms. The fourth-order valence-electron chi connectivity index (χ4n) is 2.28. The SMILES string of the molecule is CCCc1cccc2ccc(OC=O)c(OCOC)c12. The lowest BCUT2D eigenvalue weighted by Gasteiger charge is -2.15. The lowest BCUT2D eigenvalue weighted by molar-refractivity contribution is -0.120. The Morgan fingerprint density at radius 3 is 2.75 bits per heavy atom. The molecule has 0 unspecified atom stereocenters. The summed E-state index contributed by atoms with van der Waals surface area (Å²) in [5, 5.41) is 2.03. The largest absolute Gasteiger partial charge is 0.463 e. The first-order valence-electron chi connectivity index (χ1n) is 6.58. The molecule has 4 nitrogen and oxygen atoms in total. The zero-order valence-electron chi connectivity index (χ0n) is 11.7. The monoisotopic (exact) mass is 274 g/mol. The Kier molecular flexibility index (Phi) is 4.96. The van der Waals surface area contributed by atoms with E-state index in [0.717, 1.165) is 23.6 Å². The van der Waals surface area contributed by atoms with Gasteiger partial charge in [0.1, 0.15) is 0 Å². The summed E-state index contributed by atoms with van der Waals surface area (Å²) in [6.45, 7) is 2.64. The standard InChI is InChI=1S/C16H18O4/c1-3-5-12-6-4-7-13-8-9-14(19-10-17)16(15(12)13)20-11-18-2/h4,6-10H,3,5,11H2,1-2H3. The smallest absolute Gasteiger partial charge is 0.298 e. The lowest BCUT2D eigenvalue weighted by atomic mass is 10.00. The molecule has 2 rings (SSSR count). The predicted molar refractivity (Wildman–Crippen MR) is 77.1 cm³/mol. The van der Waals surface area contributed by atoms with Crippen molar-refractivity contribution in [2.45, 2.75) is 19.8 Å². The van der Waals surface area contributed by atoms with Gasteiger partial charge < -0.3 is 14.2 Å². The van der Waals surface area contributed by atoms with Gasteiger partial charge in [0.15, 0.2) is 18.3 Å². The van der Waals surface area contributed by atoms with E-state index < -0.39 is 0 Å². The molecule has 4 heteroatoms. The maximum atomic E-state index is 10.6. The van der Waals surface area contributed by atoms with E-state index in [2.05, 4.69) is 13.0 Å². The number of carbonyl (C=O) groups is 1. The van der Waals surface area contributed by atoms with Crippen LogP contribution in [0.2, 0.25) is 0 Å². The quantitative estimate of drug-likeness (QED) is 0.574. The first-order valence-corrected chi connectivity index (χ1v) is 6.58. The van der Waals surface area contributed by atoms with Crippen molar-refractivity contribution in [3.05, 3.63) is 35.9 Å². The molecule has 2 aromatic carbocycles. The number of ether oxygens (including phenoxy) is 3. The number of methoxy groups -OCH3 is 1. The van der Waals surface area contributed by atoms with E-state index in [9.17, 15) is 4.79 Å². The number of fused-ring (bicyclic) bond motifs is 1. The molecule has 0 aliphatic heterocycles. The summed E-state index contributed by atoms with van der Waals surface area (Å²) in [5.41, 5.74) is 1.17. The van der Waals surface area contributed by atoms with Crippen molar-refractivity contribution < 1.29 is 19.0 Å². The molecule has 0 heterocycles. The van der Waals surface area contributed by atoms with Crippen LogP contribution in [0.15, 0.2) is 30.3 Å². The summed E-state index contributed by atoms with van der Waals surface area (Å²) < 4.78 is 15.6. The molecule has 0 amide bonds. The van der Waals surface area contributed by atoms with Crippen LogP contribution in [0.1, 0.15) is 18.9 Å². The molecule has 0 N–H and O–H groups in total. The van der Waals surface area contributed by atoms with Crippen LogP contribution >= 0.6 is 0 Å². The van der Waals surface area contributed by atoms with E-state index in [0.29, 0.717) is 18.0 Å².